The zero-order valence-electron chi connectivity index (χ0n) is 15.4. The van der Waals surface area contributed by atoms with Crippen molar-refractivity contribution in [3.63, 3.8) is 0 Å². The maximum absolute atomic E-state index is 4.86. The molecule has 1 unspecified atom stereocenters. The number of hydrogen-bond acceptors (Lipinski definition) is 4. The molecule has 0 saturated carbocycles. The van der Waals surface area contributed by atoms with E-state index in [9.17, 15) is 0 Å². The Kier molecular flexibility index (Phi) is 4.26. The molecule has 1 atom stereocenters. The molecule has 4 nitrogen and oxygen atoms in total. The smallest absolute Gasteiger partial charge is 0.0815 e. The predicted molar refractivity (Wildman–Crippen MR) is 111 cm³/mol. The minimum absolute atomic E-state index is 0.390. The van der Waals surface area contributed by atoms with E-state index in [1.807, 2.05) is 16.3 Å². The molecule has 2 aromatic heterocycles. The molecule has 0 spiro atoms. The van der Waals surface area contributed by atoms with Gasteiger partial charge in [0.25, 0.3) is 0 Å². The van der Waals surface area contributed by atoms with E-state index in [2.05, 4.69) is 65.5 Å². The largest absolute Gasteiger partial charge is 0.296 e. The molecule has 0 N–H and O–H groups in total. The zero-order valence-corrected chi connectivity index (χ0v) is 16.2. The molecule has 0 fully saturated rings. The third kappa shape index (κ3) is 3.17. The second-order valence-corrected chi connectivity index (χ2v) is 8.06. The standard InChI is InChI=1S/C22H22N4S/c1-16(17-7-8-22-21(13-17)23-15-27-22)25-11-9-18-14-26(24-20(18)10-12-25)19-5-3-2-4-6-19/h2-8,13-16H,9-12H2,1H3. The number of thiazole rings is 1. The second kappa shape index (κ2) is 6.91. The molecule has 4 aromatic rings. The average molecular weight is 375 g/mol. The highest BCUT2D eigenvalue weighted by Gasteiger charge is 2.22. The number of nitrogens with zero attached hydrogens (tertiary/aromatic N) is 4. The van der Waals surface area contributed by atoms with Gasteiger partial charge in [0.1, 0.15) is 0 Å². The Morgan fingerprint density at radius 3 is 2.78 bits per heavy atom. The van der Waals surface area contributed by atoms with E-state index in [-0.39, 0.29) is 0 Å². The Bertz CT molecular complexity index is 1040. The lowest BCUT2D eigenvalue weighted by molar-refractivity contribution is 0.220. The van der Waals surface area contributed by atoms with Crippen molar-refractivity contribution in [2.45, 2.75) is 25.8 Å². The van der Waals surface area contributed by atoms with Gasteiger partial charge >= 0.3 is 0 Å². The van der Waals surface area contributed by atoms with E-state index in [1.165, 1.54) is 21.5 Å². The Balaban J connectivity index is 1.34. The van der Waals surface area contributed by atoms with Gasteiger partial charge in [-0.05, 0) is 48.7 Å². The third-order valence-electron chi connectivity index (χ3n) is 5.59. The highest BCUT2D eigenvalue weighted by atomic mass is 32.1. The Morgan fingerprint density at radius 1 is 1.04 bits per heavy atom. The van der Waals surface area contributed by atoms with Crippen LogP contribution in [0.1, 0.15) is 29.8 Å². The fourth-order valence-electron chi connectivity index (χ4n) is 3.94. The summed E-state index contributed by atoms with van der Waals surface area (Å²) >= 11 is 1.70. The first-order chi connectivity index (χ1) is 13.3. The van der Waals surface area contributed by atoms with Crippen LogP contribution in [0.4, 0.5) is 0 Å². The summed E-state index contributed by atoms with van der Waals surface area (Å²) in [6.07, 6.45) is 4.25. The molecule has 5 rings (SSSR count). The molecule has 3 heterocycles. The van der Waals surface area contributed by atoms with Gasteiger partial charge in [-0.2, -0.15) is 5.10 Å². The van der Waals surface area contributed by atoms with Crippen molar-refractivity contribution >= 4 is 21.6 Å². The van der Waals surface area contributed by atoms with Gasteiger partial charge in [-0.1, -0.05) is 24.3 Å². The Morgan fingerprint density at radius 2 is 1.89 bits per heavy atom. The number of benzene rings is 2. The van der Waals surface area contributed by atoms with E-state index in [1.54, 1.807) is 11.3 Å². The van der Waals surface area contributed by atoms with Gasteiger partial charge in [0, 0.05) is 31.7 Å². The zero-order chi connectivity index (χ0) is 18.2. The third-order valence-corrected chi connectivity index (χ3v) is 6.40. The fourth-order valence-corrected chi connectivity index (χ4v) is 4.59. The van der Waals surface area contributed by atoms with Crippen LogP contribution in [0.15, 0.2) is 60.2 Å². The highest BCUT2D eigenvalue weighted by Crippen LogP contribution is 2.28. The van der Waals surface area contributed by atoms with Gasteiger partial charge in [0.05, 0.1) is 27.1 Å². The lowest BCUT2D eigenvalue weighted by Crippen LogP contribution is -2.29. The van der Waals surface area contributed by atoms with E-state index in [4.69, 9.17) is 5.10 Å². The topological polar surface area (TPSA) is 34.0 Å². The number of fused-ring (bicyclic) bond motifs is 2. The minimum Gasteiger partial charge on any atom is -0.296 e. The summed E-state index contributed by atoms with van der Waals surface area (Å²) in [7, 11) is 0. The molecule has 0 bridgehead atoms. The van der Waals surface area contributed by atoms with Gasteiger partial charge in [0.2, 0.25) is 0 Å². The lowest BCUT2D eigenvalue weighted by Gasteiger charge is -2.28. The number of aromatic nitrogens is 3. The van der Waals surface area contributed by atoms with Crippen LogP contribution in [0.25, 0.3) is 15.9 Å². The summed E-state index contributed by atoms with van der Waals surface area (Å²) in [6, 6.07) is 17.5. The minimum atomic E-state index is 0.390. The molecule has 0 aliphatic carbocycles. The van der Waals surface area contributed by atoms with Gasteiger partial charge in [0.15, 0.2) is 0 Å². The molecular weight excluding hydrogens is 352 g/mol. The monoisotopic (exact) mass is 374 g/mol. The molecule has 0 amide bonds. The predicted octanol–water partition coefficient (Wildman–Crippen LogP) is 4.64. The normalized spacial score (nSPS) is 16.2. The molecule has 2 aromatic carbocycles. The Hall–Kier alpha value is -2.50. The molecule has 1 aliphatic rings. The van der Waals surface area contributed by atoms with Gasteiger partial charge in [-0.25, -0.2) is 9.67 Å². The van der Waals surface area contributed by atoms with Crippen molar-refractivity contribution in [1.29, 1.82) is 0 Å². The van der Waals surface area contributed by atoms with Crippen molar-refractivity contribution in [2.24, 2.45) is 0 Å². The van der Waals surface area contributed by atoms with E-state index >= 15 is 0 Å². The van der Waals surface area contributed by atoms with Crippen molar-refractivity contribution in [1.82, 2.24) is 19.7 Å². The SMILES string of the molecule is CC(c1ccc2scnc2c1)N1CCc2cn(-c3ccccc3)nc2CC1. The first kappa shape index (κ1) is 16.7. The average Bonchev–Trinajstić information content (AvgIpc) is 3.30. The van der Waals surface area contributed by atoms with Crippen molar-refractivity contribution in [3.05, 3.63) is 77.1 Å². The van der Waals surface area contributed by atoms with Gasteiger partial charge in [-0.15, -0.1) is 11.3 Å². The van der Waals surface area contributed by atoms with Crippen LogP contribution < -0.4 is 0 Å². The van der Waals surface area contributed by atoms with Crippen LogP contribution in [0.5, 0.6) is 0 Å². The van der Waals surface area contributed by atoms with Crippen LogP contribution in [-0.2, 0) is 12.8 Å². The van der Waals surface area contributed by atoms with E-state index in [0.29, 0.717) is 6.04 Å². The second-order valence-electron chi connectivity index (χ2n) is 7.17. The maximum atomic E-state index is 4.86. The van der Waals surface area contributed by atoms with Crippen molar-refractivity contribution in [3.8, 4) is 5.69 Å². The molecule has 1 aliphatic heterocycles. The first-order valence-corrected chi connectivity index (χ1v) is 10.4. The lowest BCUT2D eigenvalue weighted by atomic mass is 10.1. The molecule has 5 heteroatoms. The number of hydrogen-bond donors (Lipinski definition) is 0. The highest BCUT2D eigenvalue weighted by molar-refractivity contribution is 7.16. The summed E-state index contributed by atoms with van der Waals surface area (Å²) < 4.78 is 3.29. The first-order valence-electron chi connectivity index (χ1n) is 9.48. The summed E-state index contributed by atoms with van der Waals surface area (Å²) in [4.78, 5) is 7.05. The molecule has 0 saturated heterocycles. The van der Waals surface area contributed by atoms with Gasteiger partial charge in [-0.3, -0.25) is 4.90 Å². The van der Waals surface area contributed by atoms with Crippen LogP contribution >= 0.6 is 11.3 Å². The van der Waals surface area contributed by atoms with E-state index in [0.717, 1.165) is 37.1 Å². The number of para-hydroxylation sites is 1. The molecule has 0 radical (unpaired) electrons. The summed E-state index contributed by atoms with van der Waals surface area (Å²) in [6.45, 7) is 4.40. The van der Waals surface area contributed by atoms with Crippen LogP contribution in [0, 0.1) is 0 Å². The summed E-state index contributed by atoms with van der Waals surface area (Å²) in [5.74, 6) is 0. The van der Waals surface area contributed by atoms with Crippen LogP contribution in [0.3, 0.4) is 0 Å². The number of rotatable bonds is 3. The Labute approximate surface area is 163 Å². The fraction of sp³-hybridized carbons (Fsp3) is 0.273. The van der Waals surface area contributed by atoms with E-state index < -0.39 is 0 Å². The van der Waals surface area contributed by atoms with Gasteiger partial charge < -0.3 is 0 Å². The summed E-state index contributed by atoms with van der Waals surface area (Å²) in [5, 5.41) is 4.86. The maximum Gasteiger partial charge on any atom is 0.0815 e. The van der Waals surface area contributed by atoms with Crippen molar-refractivity contribution < 1.29 is 0 Å². The quantitative estimate of drug-likeness (QED) is 0.524. The molecular formula is C22H22N4S. The van der Waals surface area contributed by atoms with Crippen LogP contribution in [0.2, 0.25) is 0 Å². The molecule has 136 valence electrons. The summed E-state index contributed by atoms with van der Waals surface area (Å²) in [5.41, 5.74) is 8.14. The molecule has 27 heavy (non-hydrogen) atoms. The van der Waals surface area contributed by atoms with Crippen molar-refractivity contribution in [2.75, 3.05) is 13.1 Å². The van der Waals surface area contributed by atoms with Crippen LogP contribution in [-0.4, -0.2) is 32.8 Å².